The normalized spacial score (nSPS) is 12.6. The molecule has 1 aromatic heterocycles. The average Bonchev–Trinajstić information content (AvgIpc) is 2.77. The van der Waals surface area contributed by atoms with Gasteiger partial charge in [0.25, 0.3) is 0 Å². The number of carbonyl (C=O) groups excluding carboxylic acids is 1. The molecule has 1 N–H and O–H groups in total. The van der Waals surface area contributed by atoms with E-state index in [0.29, 0.717) is 19.5 Å². The molecular weight excluding hydrogens is 274 g/mol. The molecule has 108 valence electrons. The predicted octanol–water partition coefficient (Wildman–Crippen LogP) is 3.17. The molecule has 1 unspecified atom stereocenters. The molecule has 1 amide bonds. The standard InChI is InChI=1S/C15H20ClN3O/c1-4-17-13(20)8-9-19-12-7-5-6-10(2)14(12)18-15(19)11(3)16/h5-7,11H,4,8-9H2,1-3H3,(H,17,20). The van der Waals surface area contributed by atoms with Crippen LogP contribution >= 0.6 is 11.6 Å². The molecule has 5 heteroatoms. The maximum Gasteiger partial charge on any atom is 0.221 e. The fourth-order valence-electron chi connectivity index (χ4n) is 2.34. The third-order valence-corrected chi connectivity index (χ3v) is 3.50. The Hall–Kier alpha value is -1.55. The third kappa shape index (κ3) is 2.96. The van der Waals surface area contributed by atoms with Crippen LogP contribution in [0.1, 0.15) is 37.0 Å². The number of fused-ring (bicyclic) bond motifs is 1. The first-order chi connectivity index (χ1) is 9.54. The summed E-state index contributed by atoms with van der Waals surface area (Å²) in [6.45, 7) is 7.10. The predicted molar refractivity (Wildman–Crippen MR) is 82.0 cm³/mol. The first-order valence-electron chi connectivity index (χ1n) is 6.91. The molecule has 20 heavy (non-hydrogen) atoms. The van der Waals surface area contributed by atoms with Crippen molar-refractivity contribution in [2.45, 2.75) is 39.1 Å². The number of hydrogen-bond acceptors (Lipinski definition) is 2. The maximum atomic E-state index is 11.6. The molecule has 0 fully saturated rings. The van der Waals surface area contributed by atoms with E-state index in [1.54, 1.807) is 0 Å². The van der Waals surface area contributed by atoms with Crippen LogP contribution in [-0.2, 0) is 11.3 Å². The van der Waals surface area contributed by atoms with E-state index in [-0.39, 0.29) is 11.3 Å². The number of halogens is 1. The van der Waals surface area contributed by atoms with E-state index in [0.717, 1.165) is 22.4 Å². The Morgan fingerprint density at radius 3 is 2.90 bits per heavy atom. The molecule has 2 rings (SSSR count). The smallest absolute Gasteiger partial charge is 0.221 e. The summed E-state index contributed by atoms with van der Waals surface area (Å²) in [7, 11) is 0. The molecular formula is C15H20ClN3O. The summed E-state index contributed by atoms with van der Waals surface area (Å²) < 4.78 is 2.05. The summed E-state index contributed by atoms with van der Waals surface area (Å²) in [5.74, 6) is 0.871. The first kappa shape index (κ1) is 14.9. The summed E-state index contributed by atoms with van der Waals surface area (Å²) in [6.07, 6.45) is 0.434. The molecule has 1 atom stereocenters. The fraction of sp³-hybridized carbons (Fsp3) is 0.467. The van der Waals surface area contributed by atoms with Gasteiger partial charge in [-0.05, 0) is 32.4 Å². The zero-order chi connectivity index (χ0) is 14.7. The van der Waals surface area contributed by atoms with Gasteiger partial charge in [0.1, 0.15) is 5.82 Å². The summed E-state index contributed by atoms with van der Waals surface area (Å²) in [5, 5.41) is 2.63. The molecule has 0 aliphatic carbocycles. The summed E-state index contributed by atoms with van der Waals surface area (Å²) >= 11 is 6.22. The maximum absolute atomic E-state index is 11.6. The molecule has 0 aliphatic rings. The molecule has 1 aromatic carbocycles. The van der Waals surface area contributed by atoms with Crippen molar-refractivity contribution in [1.29, 1.82) is 0 Å². The van der Waals surface area contributed by atoms with E-state index in [1.165, 1.54) is 0 Å². The van der Waals surface area contributed by atoms with Crippen molar-refractivity contribution in [3.05, 3.63) is 29.6 Å². The number of imidazole rings is 1. The van der Waals surface area contributed by atoms with Crippen molar-refractivity contribution in [3.8, 4) is 0 Å². The van der Waals surface area contributed by atoms with Crippen molar-refractivity contribution in [2.75, 3.05) is 6.54 Å². The van der Waals surface area contributed by atoms with E-state index >= 15 is 0 Å². The Balaban J connectivity index is 2.37. The molecule has 0 radical (unpaired) electrons. The summed E-state index contributed by atoms with van der Waals surface area (Å²) in [4.78, 5) is 16.3. The number of rotatable bonds is 5. The second-order valence-corrected chi connectivity index (χ2v) is 5.54. The van der Waals surface area contributed by atoms with Gasteiger partial charge in [-0.2, -0.15) is 0 Å². The summed E-state index contributed by atoms with van der Waals surface area (Å²) in [6, 6.07) is 6.06. The van der Waals surface area contributed by atoms with Crippen LogP contribution in [0.5, 0.6) is 0 Å². The quantitative estimate of drug-likeness (QED) is 0.861. The number of hydrogen-bond donors (Lipinski definition) is 1. The number of amides is 1. The molecule has 0 saturated heterocycles. The van der Waals surface area contributed by atoms with Crippen LogP contribution < -0.4 is 5.32 Å². The highest BCUT2D eigenvalue weighted by atomic mass is 35.5. The fourth-order valence-corrected chi connectivity index (χ4v) is 2.51. The molecule has 0 aliphatic heterocycles. The number of aromatic nitrogens is 2. The van der Waals surface area contributed by atoms with Crippen LogP contribution in [-0.4, -0.2) is 22.0 Å². The van der Waals surface area contributed by atoms with Crippen molar-refractivity contribution >= 4 is 28.5 Å². The number of nitrogens with zero attached hydrogens (tertiary/aromatic N) is 2. The van der Waals surface area contributed by atoms with Gasteiger partial charge in [-0.3, -0.25) is 4.79 Å². The van der Waals surface area contributed by atoms with Gasteiger partial charge in [0.2, 0.25) is 5.91 Å². The van der Waals surface area contributed by atoms with E-state index in [1.807, 2.05) is 39.0 Å². The molecule has 4 nitrogen and oxygen atoms in total. The van der Waals surface area contributed by atoms with E-state index in [4.69, 9.17) is 11.6 Å². The number of alkyl halides is 1. The van der Waals surface area contributed by atoms with Crippen LogP contribution in [0.25, 0.3) is 11.0 Å². The Morgan fingerprint density at radius 1 is 1.50 bits per heavy atom. The Labute approximate surface area is 124 Å². The minimum Gasteiger partial charge on any atom is -0.356 e. The van der Waals surface area contributed by atoms with Crippen molar-refractivity contribution in [1.82, 2.24) is 14.9 Å². The van der Waals surface area contributed by atoms with Crippen LogP contribution in [0.15, 0.2) is 18.2 Å². The second-order valence-electron chi connectivity index (χ2n) is 4.88. The molecule has 0 spiro atoms. The SMILES string of the molecule is CCNC(=O)CCn1c(C(C)Cl)nc2c(C)cccc21. The van der Waals surface area contributed by atoms with Crippen LogP contribution in [0.4, 0.5) is 0 Å². The zero-order valence-electron chi connectivity index (χ0n) is 12.1. The van der Waals surface area contributed by atoms with Crippen molar-refractivity contribution in [3.63, 3.8) is 0 Å². The highest BCUT2D eigenvalue weighted by molar-refractivity contribution is 6.20. The van der Waals surface area contributed by atoms with Crippen LogP contribution in [0, 0.1) is 6.92 Å². The van der Waals surface area contributed by atoms with Gasteiger partial charge in [0.05, 0.1) is 16.4 Å². The molecule has 2 aromatic rings. The Morgan fingerprint density at radius 2 is 2.25 bits per heavy atom. The van der Waals surface area contributed by atoms with Crippen molar-refractivity contribution in [2.24, 2.45) is 0 Å². The van der Waals surface area contributed by atoms with E-state index in [9.17, 15) is 4.79 Å². The first-order valence-corrected chi connectivity index (χ1v) is 7.34. The molecule has 0 bridgehead atoms. The lowest BCUT2D eigenvalue weighted by Gasteiger charge is -2.10. The lowest BCUT2D eigenvalue weighted by molar-refractivity contribution is -0.121. The van der Waals surface area contributed by atoms with Crippen LogP contribution in [0.2, 0.25) is 0 Å². The number of benzene rings is 1. The van der Waals surface area contributed by atoms with Gasteiger partial charge in [0, 0.05) is 19.5 Å². The molecule has 1 heterocycles. The van der Waals surface area contributed by atoms with Gasteiger partial charge in [-0.25, -0.2) is 4.98 Å². The van der Waals surface area contributed by atoms with Gasteiger partial charge in [-0.15, -0.1) is 11.6 Å². The lowest BCUT2D eigenvalue weighted by atomic mass is 10.2. The number of carbonyl (C=O) groups is 1. The number of nitrogens with one attached hydrogen (secondary N) is 1. The third-order valence-electron chi connectivity index (χ3n) is 3.30. The lowest BCUT2D eigenvalue weighted by Crippen LogP contribution is -2.24. The highest BCUT2D eigenvalue weighted by Crippen LogP contribution is 2.26. The largest absolute Gasteiger partial charge is 0.356 e. The minimum absolute atomic E-state index is 0.0511. The monoisotopic (exact) mass is 293 g/mol. The van der Waals surface area contributed by atoms with Gasteiger partial charge in [-0.1, -0.05) is 12.1 Å². The van der Waals surface area contributed by atoms with Gasteiger partial charge < -0.3 is 9.88 Å². The highest BCUT2D eigenvalue weighted by Gasteiger charge is 2.16. The topological polar surface area (TPSA) is 46.9 Å². The van der Waals surface area contributed by atoms with Crippen molar-refractivity contribution < 1.29 is 4.79 Å². The Bertz CT molecular complexity index is 619. The van der Waals surface area contributed by atoms with E-state index in [2.05, 4.69) is 14.9 Å². The van der Waals surface area contributed by atoms with E-state index < -0.39 is 0 Å². The number of aryl methyl sites for hydroxylation is 2. The minimum atomic E-state index is -0.184. The zero-order valence-corrected chi connectivity index (χ0v) is 12.9. The Kier molecular flexibility index (Phi) is 4.65. The average molecular weight is 294 g/mol. The van der Waals surface area contributed by atoms with Gasteiger partial charge >= 0.3 is 0 Å². The summed E-state index contributed by atoms with van der Waals surface area (Å²) in [5.41, 5.74) is 3.13. The van der Waals surface area contributed by atoms with Crippen LogP contribution in [0.3, 0.4) is 0 Å². The number of para-hydroxylation sites is 1. The second kappa shape index (κ2) is 6.27. The molecule has 0 saturated carbocycles. The van der Waals surface area contributed by atoms with Gasteiger partial charge in [0.15, 0.2) is 0 Å².